The molecule has 1 aromatic carbocycles. The molecule has 0 aromatic heterocycles. The predicted molar refractivity (Wildman–Crippen MR) is 62.7 cm³/mol. The van der Waals surface area contributed by atoms with E-state index < -0.39 is 0 Å². The first kappa shape index (κ1) is 11.0. The van der Waals surface area contributed by atoms with Crippen molar-refractivity contribution in [2.45, 2.75) is 36.7 Å². The molecule has 82 valence electrons. The third-order valence-corrected chi connectivity index (χ3v) is 3.77. The van der Waals surface area contributed by atoms with Gasteiger partial charge in [0, 0.05) is 17.5 Å². The Hall–Kier alpha value is -0.540. The molecule has 1 aliphatic rings. The summed E-state index contributed by atoms with van der Waals surface area (Å²) in [6.45, 7) is 0.790. The molecule has 0 radical (unpaired) electrons. The zero-order valence-electron chi connectivity index (χ0n) is 8.92. The number of rotatable bonds is 4. The second-order valence-electron chi connectivity index (χ2n) is 3.96. The number of benzene rings is 1. The topological polar surface area (TPSA) is 12.0 Å². The number of halogens is 1. The summed E-state index contributed by atoms with van der Waals surface area (Å²) >= 11 is 1.67. The van der Waals surface area contributed by atoms with Crippen LogP contribution < -0.4 is 5.32 Å². The van der Waals surface area contributed by atoms with Gasteiger partial charge in [-0.25, -0.2) is 4.39 Å². The van der Waals surface area contributed by atoms with Gasteiger partial charge in [0.25, 0.3) is 0 Å². The zero-order valence-corrected chi connectivity index (χ0v) is 9.74. The van der Waals surface area contributed by atoms with Crippen LogP contribution >= 0.6 is 11.8 Å². The Balaban J connectivity index is 2.00. The van der Waals surface area contributed by atoms with Crippen molar-refractivity contribution in [1.29, 1.82) is 0 Å². The Morgan fingerprint density at radius 2 is 2.27 bits per heavy atom. The highest BCUT2D eigenvalue weighted by Gasteiger charge is 2.16. The normalized spacial score (nSPS) is 16.4. The number of hydrogen-bond acceptors (Lipinski definition) is 2. The van der Waals surface area contributed by atoms with E-state index >= 15 is 0 Å². The van der Waals surface area contributed by atoms with Crippen LogP contribution in [0.5, 0.6) is 0 Å². The fourth-order valence-corrected chi connectivity index (χ4v) is 2.35. The van der Waals surface area contributed by atoms with Crippen molar-refractivity contribution in [2.75, 3.05) is 6.26 Å². The highest BCUT2D eigenvalue weighted by atomic mass is 32.2. The van der Waals surface area contributed by atoms with Crippen LogP contribution in [0.15, 0.2) is 23.1 Å². The van der Waals surface area contributed by atoms with Crippen LogP contribution in [0.3, 0.4) is 0 Å². The molecule has 0 bridgehead atoms. The van der Waals surface area contributed by atoms with E-state index in [-0.39, 0.29) is 5.82 Å². The average molecular weight is 225 g/mol. The second-order valence-corrected chi connectivity index (χ2v) is 4.81. The Labute approximate surface area is 94.5 Å². The molecular formula is C12H16FNS. The summed E-state index contributed by atoms with van der Waals surface area (Å²) in [5.74, 6) is -0.141. The summed E-state index contributed by atoms with van der Waals surface area (Å²) in [6.07, 6.45) is 5.89. The van der Waals surface area contributed by atoms with E-state index in [9.17, 15) is 4.39 Å². The molecule has 1 aromatic rings. The van der Waals surface area contributed by atoms with Crippen LogP contribution in [-0.2, 0) is 6.54 Å². The molecule has 1 nitrogen and oxygen atoms in total. The Morgan fingerprint density at radius 3 is 2.87 bits per heavy atom. The molecule has 0 saturated heterocycles. The minimum absolute atomic E-state index is 0.141. The van der Waals surface area contributed by atoms with Gasteiger partial charge in [-0.2, -0.15) is 0 Å². The molecule has 15 heavy (non-hydrogen) atoms. The fraction of sp³-hybridized carbons (Fsp3) is 0.500. The lowest BCUT2D eigenvalue weighted by Crippen LogP contribution is -2.34. The minimum atomic E-state index is -0.141. The lowest BCUT2D eigenvalue weighted by molar-refractivity contribution is 0.337. The highest BCUT2D eigenvalue weighted by Crippen LogP contribution is 2.23. The van der Waals surface area contributed by atoms with Crippen LogP contribution in [-0.4, -0.2) is 12.3 Å². The Bertz CT molecular complexity index is 336. The van der Waals surface area contributed by atoms with E-state index in [0.29, 0.717) is 6.04 Å². The highest BCUT2D eigenvalue weighted by molar-refractivity contribution is 7.98. The molecule has 3 heteroatoms. The van der Waals surface area contributed by atoms with Gasteiger partial charge < -0.3 is 5.32 Å². The van der Waals surface area contributed by atoms with E-state index in [1.54, 1.807) is 17.8 Å². The zero-order chi connectivity index (χ0) is 10.7. The van der Waals surface area contributed by atoms with Crippen molar-refractivity contribution in [3.63, 3.8) is 0 Å². The molecular weight excluding hydrogens is 209 g/mol. The summed E-state index contributed by atoms with van der Waals surface area (Å²) in [6, 6.07) is 5.68. The lowest BCUT2D eigenvalue weighted by Gasteiger charge is -2.26. The van der Waals surface area contributed by atoms with Gasteiger partial charge in [0.2, 0.25) is 0 Å². The van der Waals surface area contributed by atoms with Gasteiger partial charge in [-0.3, -0.25) is 0 Å². The van der Waals surface area contributed by atoms with E-state index in [1.165, 1.54) is 30.2 Å². The van der Waals surface area contributed by atoms with Crippen molar-refractivity contribution in [1.82, 2.24) is 5.32 Å². The van der Waals surface area contributed by atoms with Gasteiger partial charge in [-0.05, 0) is 42.9 Å². The molecule has 0 aliphatic heterocycles. The van der Waals surface area contributed by atoms with Crippen molar-refractivity contribution >= 4 is 11.8 Å². The standard InChI is InChI=1S/C12H16FNS/c1-15-12-6-5-10(13)7-9(12)8-14-11-3-2-4-11/h5-7,11,14H,2-4,8H2,1H3. The summed E-state index contributed by atoms with van der Waals surface area (Å²) < 4.78 is 13.1. The van der Waals surface area contributed by atoms with Crippen LogP contribution in [0.1, 0.15) is 24.8 Å². The van der Waals surface area contributed by atoms with E-state index in [4.69, 9.17) is 0 Å². The maximum atomic E-state index is 13.1. The van der Waals surface area contributed by atoms with E-state index in [2.05, 4.69) is 5.32 Å². The summed E-state index contributed by atoms with van der Waals surface area (Å²) in [4.78, 5) is 1.17. The number of thioether (sulfide) groups is 1. The van der Waals surface area contributed by atoms with Crippen LogP contribution in [0, 0.1) is 5.82 Å². The smallest absolute Gasteiger partial charge is 0.123 e. The first-order valence-electron chi connectivity index (χ1n) is 5.35. The fourth-order valence-electron chi connectivity index (χ4n) is 1.75. The van der Waals surface area contributed by atoms with Gasteiger partial charge in [0.15, 0.2) is 0 Å². The molecule has 0 heterocycles. The third-order valence-electron chi connectivity index (χ3n) is 2.93. The first-order chi connectivity index (χ1) is 7.29. The number of nitrogens with one attached hydrogen (secondary N) is 1. The summed E-state index contributed by atoms with van der Waals surface area (Å²) in [5, 5.41) is 3.46. The molecule has 1 saturated carbocycles. The molecule has 0 spiro atoms. The Kier molecular flexibility index (Phi) is 3.65. The largest absolute Gasteiger partial charge is 0.310 e. The molecule has 2 rings (SSSR count). The maximum Gasteiger partial charge on any atom is 0.123 e. The Morgan fingerprint density at radius 1 is 1.47 bits per heavy atom. The van der Waals surface area contributed by atoms with E-state index in [0.717, 1.165) is 12.1 Å². The first-order valence-corrected chi connectivity index (χ1v) is 6.58. The van der Waals surface area contributed by atoms with Crippen LogP contribution in [0.25, 0.3) is 0 Å². The molecule has 1 aliphatic carbocycles. The van der Waals surface area contributed by atoms with Gasteiger partial charge in [0.1, 0.15) is 5.82 Å². The average Bonchev–Trinajstić information content (AvgIpc) is 2.16. The van der Waals surface area contributed by atoms with Crippen molar-refractivity contribution in [2.24, 2.45) is 0 Å². The van der Waals surface area contributed by atoms with Crippen molar-refractivity contribution in [3.8, 4) is 0 Å². The molecule has 1 fully saturated rings. The minimum Gasteiger partial charge on any atom is -0.310 e. The van der Waals surface area contributed by atoms with Gasteiger partial charge in [-0.15, -0.1) is 11.8 Å². The molecule has 1 N–H and O–H groups in total. The lowest BCUT2D eigenvalue weighted by atomic mass is 9.93. The van der Waals surface area contributed by atoms with Gasteiger partial charge in [-0.1, -0.05) is 6.42 Å². The molecule has 0 amide bonds. The van der Waals surface area contributed by atoms with Crippen molar-refractivity contribution in [3.05, 3.63) is 29.6 Å². The second kappa shape index (κ2) is 4.99. The summed E-state index contributed by atoms with van der Waals surface area (Å²) in [5.41, 5.74) is 1.08. The third kappa shape index (κ3) is 2.73. The summed E-state index contributed by atoms with van der Waals surface area (Å²) in [7, 11) is 0. The predicted octanol–water partition coefficient (Wildman–Crippen LogP) is 3.19. The SMILES string of the molecule is CSc1ccc(F)cc1CNC1CCC1. The van der Waals surface area contributed by atoms with Crippen LogP contribution in [0.4, 0.5) is 4.39 Å². The molecule has 0 atom stereocenters. The maximum absolute atomic E-state index is 13.1. The van der Waals surface area contributed by atoms with Gasteiger partial charge >= 0.3 is 0 Å². The van der Waals surface area contributed by atoms with Crippen LogP contribution in [0.2, 0.25) is 0 Å². The van der Waals surface area contributed by atoms with Crippen molar-refractivity contribution < 1.29 is 4.39 Å². The van der Waals surface area contributed by atoms with E-state index in [1.807, 2.05) is 12.3 Å². The quantitative estimate of drug-likeness (QED) is 0.790. The molecule has 0 unspecified atom stereocenters. The van der Waals surface area contributed by atoms with Gasteiger partial charge in [0.05, 0.1) is 0 Å². The monoisotopic (exact) mass is 225 g/mol. The number of hydrogen-bond donors (Lipinski definition) is 1.